The molecule has 0 saturated heterocycles. The molecule has 1 radical (unpaired) electrons. The summed E-state index contributed by atoms with van der Waals surface area (Å²) >= 11 is 0. The Hall–Kier alpha value is -2.55. The van der Waals surface area contributed by atoms with E-state index in [-0.39, 0.29) is 12.3 Å². The van der Waals surface area contributed by atoms with Gasteiger partial charge in [-0.25, -0.2) is 9.90 Å². The number of benzene rings is 1. The number of nitrogens with one attached hydrogen (secondary N) is 2. The first-order valence-corrected chi connectivity index (χ1v) is 6.98. The van der Waals surface area contributed by atoms with Crippen molar-refractivity contribution in [2.24, 2.45) is 5.92 Å². The van der Waals surface area contributed by atoms with E-state index in [0.717, 1.165) is 11.4 Å². The zero-order chi connectivity index (χ0) is 17.1. The van der Waals surface area contributed by atoms with Crippen LogP contribution in [0.3, 0.4) is 0 Å². The first kappa shape index (κ1) is 19.4. The van der Waals surface area contributed by atoms with Crippen molar-refractivity contribution in [2.75, 3.05) is 10.6 Å². The van der Waals surface area contributed by atoms with E-state index in [9.17, 15) is 14.7 Å². The Bertz CT molecular complexity index is 536. The van der Waals surface area contributed by atoms with Gasteiger partial charge >= 0.3 is 5.97 Å². The predicted octanol–water partition coefficient (Wildman–Crippen LogP) is 2.96. The van der Waals surface area contributed by atoms with E-state index < -0.39 is 11.9 Å². The Kier molecular flexibility index (Phi) is 9.03. The number of hydrogen-bond acceptors (Lipinski definition) is 4. The second-order valence-corrected chi connectivity index (χ2v) is 5.17. The number of nitrogens with zero attached hydrogens (tertiary/aromatic N) is 1. The van der Waals surface area contributed by atoms with E-state index in [1.54, 1.807) is 6.07 Å². The van der Waals surface area contributed by atoms with E-state index >= 15 is 0 Å². The molecule has 0 saturated carbocycles. The molecule has 119 valence electrons. The normalized spacial score (nSPS) is 10.7. The van der Waals surface area contributed by atoms with Crippen LogP contribution in [-0.4, -0.2) is 17.9 Å². The topological polar surface area (TPSA) is 102 Å². The lowest BCUT2D eigenvalue weighted by Crippen LogP contribution is -2.10. The SMILES string of the molecule is CC(=O)Nc1cccc(NC(C)C)c1.CC(C#N)CC([O])=O. The predicted molar refractivity (Wildman–Crippen MR) is 84.6 cm³/mol. The van der Waals surface area contributed by atoms with E-state index in [1.807, 2.05) is 24.3 Å². The fourth-order valence-electron chi connectivity index (χ4n) is 1.52. The maximum Gasteiger partial charge on any atom is 0.356 e. The van der Waals surface area contributed by atoms with Crippen LogP contribution in [0.1, 0.15) is 34.1 Å². The molecule has 2 N–H and O–H groups in total. The molecule has 0 spiro atoms. The Morgan fingerprint density at radius 1 is 1.23 bits per heavy atom. The number of rotatable bonds is 5. The van der Waals surface area contributed by atoms with Gasteiger partial charge in [0.2, 0.25) is 5.91 Å². The summed E-state index contributed by atoms with van der Waals surface area (Å²) in [6.07, 6.45) is -0.170. The minimum absolute atomic E-state index is 0.0494. The lowest BCUT2D eigenvalue weighted by molar-refractivity contribution is -0.143. The average molecular weight is 304 g/mol. The highest BCUT2D eigenvalue weighted by molar-refractivity contribution is 5.89. The zero-order valence-electron chi connectivity index (χ0n) is 13.3. The molecule has 0 aliphatic heterocycles. The van der Waals surface area contributed by atoms with Gasteiger partial charge in [0.15, 0.2) is 0 Å². The maximum absolute atomic E-state index is 10.8. The van der Waals surface area contributed by atoms with Crippen LogP contribution < -0.4 is 10.6 Å². The highest BCUT2D eigenvalue weighted by atomic mass is 16.4. The lowest BCUT2D eigenvalue weighted by atomic mass is 10.1. The van der Waals surface area contributed by atoms with Gasteiger partial charge in [0, 0.05) is 24.3 Å². The first-order chi connectivity index (χ1) is 10.2. The standard InChI is InChI=1S/C11H16N2O.C5H6NO2/c1-8(2)12-10-5-4-6-11(7-10)13-9(3)14;1-4(3-6)2-5(7)8/h4-8,12H,1-3H3,(H,13,14);4H,2H2,1H3. The van der Waals surface area contributed by atoms with Gasteiger partial charge in [0.25, 0.3) is 0 Å². The van der Waals surface area contributed by atoms with E-state index in [2.05, 4.69) is 24.5 Å². The summed E-state index contributed by atoms with van der Waals surface area (Å²) in [5, 5.41) is 23.8. The van der Waals surface area contributed by atoms with Crippen molar-refractivity contribution in [1.29, 1.82) is 5.26 Å². The van der Waals surface area contributed by atoms with E-state index in [0.29, 0.717) is 6.04 Å². The van der Waals surface area contributed by atoms with Gasteiger partial charge in [-0.15, -0.1) is 0 Å². The van der Waals surface area contributed by atoms with Crippen LogP contribution in [0.15, 0.2) is 24.3 Å². The van der Waals surface area contributed by atoms with Crippen LogP contribution in [0.2, 0.25) is 0 Å². The Morgan fingerprint density at radius 2 is 1.82 bits per heavy atom. The number of carbonyl (C=O) groups excluding carboxylic acids is 2. The second-order valence-electron chi connectivity index (χ2n) is 5.17. The van der Waals surface area contributed by atoms with Crippen molar-refractivity contribution >= 4 is 23.3 Å². The van der Waals surface area contributed by atoms with Gasteiger partial charge in [-0.1, -0.05) is 6.07 Å². The summed E-state index contributed by atoms with van der Waals surface area (Å²) in [5.74, 6) is -1.65. The molecule has 0 aromatic heterocycles. The number of hydrogen-bond donors (Lipinski definition) is 2. The highest BCUT2D eigenvalue weighted by Crippen LogP contribution is 2.15. The van der Waals surface area contributed by atoms with Crippen LogP contribution in [0.25, 0.3) is 0 Å². The lowest BCUT2D eigenvalue weighted by Gasteiger charge is -2.11. The van der Waals surface area contributed by atoms with Crippen molar-refractivity contribution in [1.82, 2.24) is 0 Å². The minimum atomic E-state index is -1.17. The molecule has 0 bridgehead atoms. The molecule has 6 heteroatoms. The van der Waals surface area contributed by atoms with Crippen molar-refractivity contribution < 1.29 is 14.7 Å². The molecule has 1 atom stereocenters. The molecule has 1 amide bonds. The molecule has 22 heavy (non-hydrogen) atoms. The summed E-state index contributed by atoms with van der Waals surface area (Å²) in [4.78, 5) is 20.5. The second kappa shape index (κ2) is 10.2. The summed E-state index contributed by atoms with van der Waals surface area (Å²) in [5.41, 5.74) is 1.84. The Morgan fingerprint density at radius 3 is 2.23 bits per heavy atom. The van der Waals surface area contributed by atoms with Gasteiger partial charge in [-0.05, 0) is 39.0 Å². The van der Waals surface area contributed by atoms with E-state index in [4.69, 9.17) is 5.26 Å². The number of amides is 1. The molecule has 0 fully saturated rings. The first-order valence-electron chi connectivity index (χ1n) is 6.98. The molecule has 6 nitrogen and oxygen atoms in total. The van der Waals surface area contributed by atoms with Gasteiger partial charge < -0.3 is 10.6 Å². The molecule has 1 aromatic carbocycles. The molecule has 1 rings (SSSR count). The van der Waals surface area contributed by atoms with Crippen molar-refractivity contribution in [3.8, 4) is 6.07 Å². The van der Waals surface area contributed by atoms with Crippen molar-refractivity contribution in [3.05, 3.63) is 24.3 Å². The minimum Gasteiger partial charge on any atom is -0.383 e. The zero-order valence-corrected chi connectivity index (χ0v) is 13.3. The summed E-state index contributed by atoms with van der Waals surface area (Å²) in [6.45, 7) is 7.19. The van der Waals surface area contributed by atoms with Crippen molar-refractivity contribution in [2.45, 2.75) is 40.2 Å². The number of anilines is 2. The monoisotopic (exact) mass is 304 g/mol. The molecule has 1 unspecified atom stereocenters. The number of carbonyl (C=O) groups is 2. The van der Waals surface area contributed by atoms with Gasteiger partial charge in [0.1, 0.15) is 0 Å². The third-order valence-corrected chi connectivity index (χ3v) is 2.33. The molecule has 0 aliphatic rings. The smallest absolute Gasteiger partial charge is 0.356 e. The molecular weight excluding hydrogens is 282 g/mol. The van der Waals surface area contributed by atoms with Gasteiger partial charge in [-0.2, -0.15) is 5.26 Å². The third-order valence-electron chi connectivity index (χ3n) is 2.33. The van der Waals surface area contributed by atoms with Gasteiger partial charge in [0.05, 0.1) is 18.4 Å². The van der Waals surface area contributed by atoms with Crippen molar-refractivity contribution in [3.63, 3.8) is 0 Å². The summed E-state index contributed by atoms with van der Waals surface area (Å²) < 4.78 is 0. The van der Waals surface area contributed by atoms with Crippen LogP contribution in [0, 0.1) is 17.2 Å². The largest absolute Gasteiger partial charge is 0.383 e. The molecular formula is C16H22N3O3. The molecule has 0 heterocycles. The Balaban J connectivity index is 0.000000472. The van der Waals surface area contributed by atoms with Crippen LogP contribution in [0.5, 0.6) is 0 Å². The van der Waals surface area contributed by atoms with Crippen LogP contribution >= 0.6 is 0 Å². The number of nitriles is 1. The molecule has 1 aromatic rings. The van der Waals surface area contributed by atoms with Crippen LogP contribution in [-0.2, 0) is 14.7 Å². The third kappa shape index (κ3) is 10.3. The molecule has 0 aliphatic carbocycles. The van der Waals surface area contributed by atoms with Gasteiger partial charge in [-0.3, -0.25) is 4.79 Å². The summed E-state index contributed by atoms with van der Waals surface area (Å²) in [7, 11) is 0. The van der Waals surface area contributed by atoms with E-state index in [1.165, 1.54) is 13.8 Å². The maximum atomic E-state index is 10.8. The fourth-order valence-corrected chi connectivity index (χ4v) is 1.52. The Labute approximate surface area is 131 Å². The highest BCUT2D eigenvalue weighted by Gasteiger charge is 2.05. The summed E-state index contributed by atoms with van der Waals surface area (Å²) in [6, 6.07) is 9.84. The average Bonchev–Trinajstić information content (AvgIpc) is 2.37. The fraction of sp³-hybridized carbons (Fsp3) is 0.438. The van der Waals surface area contributed by atoms with Crippen LogP contribution in [0.4, 0.5) is 11.4 Å². The quantitative estimate of drug-likeness (QED) is 0.873.